The van der Waals surface area contributed by atoms with Crippen LogP contribution >= 0.6 is 0 Å². The molecule has 152 valence electrons. The lowest BCUT2D eigenvalue weighted by Gasteiger charge is -2.09. The molecular formula is C26H23N5. The Morgan fingerprint density at radius 1 is 0.774 bits per heavy atom. The summed E-state index contributed by atoms with van der Waals surface area (Å²) >= 11 is 0. The number of benzene rings is 2. The first-order valence-corrected chi connectivity index (χ1v) is 10.2. The van der Waals surface area contributed by atoms with E-state index in [4.69, 9.17) is 4.98 Å². The van der Waals surface area contributed by atoms with Gasteiger partial charge in [-0.25, -0.2) is 15.0 Å². The maximum absolute atomic E-state index is 4.78. The van der Waals surface area contributed by atoms with E-state index in [9.17, 15) is 0 Å². The second kappa shape index (κ2) is 9.22. The van der Waals surface area contributed by atoms with Crippen LogP contribution in [0.2, 0.25) is 0 Å². The van der Waals surface area contributed by atoms with Gasteiger partial charge in [-0.15, -0.1) is 0 Å². The number of pyridine rings is 1. The lowest BCUT2D eigenvalue weighted by Crippen LogP contribution is -2.00. The van der Waals surface area contributed by atoms with E-state index < -0.39 is 0 Å². The molecule has 0 saturated heterocycles. The van der Waals surface area contributed by atoms with Crippen molar-refractivity contribution in [2.45, 2.75) is 20.8 Å². The molecule has 31 heavy (non-hydrogen) atoms. The molecule has 0 aliphatic heterocycles. The zero-order valence-corrected chi connectivity index (χ0v) is 17.8. The quantitative estimate of drug-likeness (QED) is 0.380. The van der Waals surface area contributed by atoms with E-state index >= 15 is 0 Å². The largest absolute Gasteiger partial charge is 0.261 e. The molecule has 5 heteroatoms. The maximum atomic E-state index is 4.78. The summed E-state index contributed by atoms with van der Waals surface area (Å²) in [6, 6.07) is 22.1. The van der Waals surface area contributed by atoms with Gasteiger partial charge in [0.15, 0.2) is 11.6 Å². The van der Waals surface area contributed by atoms with Crippen LogP contribution in [0, 0.1) is 6.92 Å². The first-order valence-electron chi connectivity index (χ1n) is 10.2. The number of nitrogens with zero attached hydrogens (tertiary/aromatic N) is 5. The first kappa shape index (κ1) is 20.3. The van der Waals surface area contributed by atoms with Crippen molar-refractivity contribution >= 4 is 11.9 Å². The number of allylic oxidation sites excluding steroid dienone is 1. The van der Waals surface area contributed by atoms with Gasteiger partial charge in [-0.05, 0) is 45.0 Å². The van der Waals surface area contributed by atoms with Crippen LogP contribution in [0.25, 0.3) is 39.7 Å². The maximum Gasteiger partial charge on any atom is 0.163 e. The molecule has 0 bridgehead atoms. The van der Waals surface area contributed by atoms with Gasteiger partial charge in [0.2, 0.25) is 0 Å². The van der Waals surface area contributed by atoms with Gasteiger partial charge in [0.1, 0.15) is 5.82 Å². The van der Waals surface area contributed by atoms with Crippen molar-refractivity contribution in [1.29, 1.82) is 0 Å². The number of aryl methyl sites for hydroxylation is 1. The molecule has 5 nitrogen and oxygen atoms in total. The number of hydrogen-bond donors (Lipinski definition) is 0. The third-order valence-electron chi connectivity index (χ3n) is 4.79. The van der Waals surface area contributed by atoms with Gasteiger partial charge < -0.3 is 0 Å². The Hall–Kier alpha value is -3.99. The highest BCUT2D eigenvalue weighted by Crippen LogP contribution is 2.26. The van der Waals surface area contributed by atoms with Crippen LogP contribution in [0.1, 0.15) is 25.2 Å². The monoisotopic (exact) mass is 405 g/mol. The molecule has 2 heterocycles. The summed E-state index contributed by atoms with van der Waals surface area (Å²) < 4.78 is 0. The Bertz CT molecular complexity index is 1260. The first-order chi connectivity index (χ1) is 15.2. The molecule has 0 aliphatic carbocycles. The molecule has 4 aromatic rings. The predicted octanol–water partition coefficient (Wildman–Crippen LogP) is 6.03. The van der Waals surface area contributed by atoms with Crippen molar-refractivity contribution in [2.75, 3.05) is 0 Å². The fraction of sp³-hybridized carbons (Fsp3) is 0.115. The van der Waals surface area contributed by atoms with Gasteiger partial charge in [-0.2, -0.15) is 0 Å². The fourth-order valence-corrected chi connectivity index (χ4v) is 3.36. The van der Waals surface area contributed by atoms with Crippen molar-refractivity contribution in [3.63, 3.8) is 0 Å². The van der Waals surface area contributed by atoms with Gasteiger partial charge in [0.25, 0.3) is 0 Å². The SMILES string of the molecule is CC=N/C(=C\C)c1cccc(-c2nc(C)nc(-c3cccc(-c4ccccn4)c3)n2)c1. The summed E-state index contributed by atoms with van der Waals surface area (Å²) in [5, 5.41) is 0. The van der Waals surface area contributed by atoms with Crippen LogP contribution in [0.4, 0.5) is 0 Å². The second-order valence-electron chi connectivity index (χ2n) is 6.97. The van der Waals surface area contributed by atoms with E-state index in [0.717, 1.165) is 33.6 Å². The standard InChI is InChI=1S/C26H23N5/c1-4-23(27-5-2)19-10-8-12-21(16-19)25-29-18(3)30-26(31-25)22-13-9-11-20(17-22)24-14-6-7-15-28-24/h4-17H,1-3H3/b23-4-,27-5?. The Morgan fingerprint density at radius 3 is 2.16 bits per heavy atom. The number of hydrogen-bond acceptors (Lipinski definition) is 5. The average molecular weight is 406 g/mol. The molecule has 0 radical (unpaired) electrons. The van der Waals surface area contributed by atoms with Gasteiger partial charge >= 0.3 is 0 Å². The topological polar surface area (TPSA) is 63.9 Å². The van der Waals surface area contributed by atoms with E-state index in [-0.39, 0.29) is 0 Å². The van der Waals surface area contributed by atoms with Gasteiger partial charge in [0.05, 0.1) is 11.4 Å². The van der Waals surface area contributed by atoms with Crippen LogP contribution < -0.4 is 0 Å². The van der Waals surface area contributed by atoms with E-state index in [1.165, 1.54) is 0 Å². The van der Waals surface area contributed by atoms with Crippen molar-refractivity contribution in [3.8, 4) is 34.0 Å². The summed E-state index contributed by atoms with van der Waals surface area (Å²) in [6.45, 7) is 5.78. The van der Waals surface area contributed by atoms with Crippen LogP contribution in [-0.4, -0.2) is 26.2 Å². The Balaban J connectivity index is 1.76. The zero-order chi connectivity index (χ0) is 21.6. The molecule has 0 amide bonds. The van der Waals surface area contributed by atoms with Crippen LogP contribution in [0.3, 0.4) is 0 Å². The van der Waals surface area contributed by atoms with Crippen LogP contribution in [0.15, 0.2) is 84.0 Å². The summed E-state index contributed by atoms with van der Waals surface area (Å²) in [4.78, 5) is 22.9. The highest BCUT2D eigenvalue weighted by molar-refractivity contribution is 5.75. The normalized spacial score (nSPS) is 11.8. The van der Waals surface area contributed by atoms with Crippen LogP contribution in [0.5, 0.6) is 0 Å². The summed E-state index contributed by atoms with van der Waals surface area (Å²) in [6.07, 6.45) is 5.58. The van der Waals surface area contributed by atoms with Crippen molar-refractivity contribution in [2.24, 2.45) is 4.99 Å². The molecule has 0 saturated carbocycles. The number of aromatic nitrogens is 4. The smallest absolute Gasteiger partial charge is 0.163 e. The Morgan fingerprint density at radius 2 is 1.48 bits per heavy atom. The van der Waals surface area contributed by atoms with E-state index in [1.54, 1.807) is 12.4 Å². The predicted molar refractivity (Wildman–Crippen MR) is 126 cm³/mol. The van der Waals surface area contributed by atoms with E-state index in [2.05, 4.69) is 32.1 Å². The lowest BCUT2D eigenvalue weighted by atomic mass is 10.1. The van der Waals surface area contributed by atoms with Crippen molar-refractivity contribution in [3.05, 3.63) is 90.4 Å². The molecule has 0 N–H and O–H groups in total. The summed E-state index contributed by atoms with van der Waals surface area (Å²) in [5.74, 6) is 1.96. The average Bonchev–Trinajstić information content (AvgIpc) is 2.83. The Kier molecular flexibility index (Phi) is 6.03. The zero-order valence-electron chi connectivity index (χ0n) is 17.8. The van der Waals surface area contributed by atoms with Crippen molar-refractivity contribution in [1.82, 2.24) is 19.9 Å². The lowest BCUT2D eigenvalue weighted by molar-refractivity contribution is 0.992. The van der Waals surface area contributed by atoms with Gasteiger partial charge in [-0.1, -0.05) is 48.5 Å². The molecule has 0 unspecified atom stereocenters. The summed E-state index contributed by atoms with van der Waals surface area (Å²) in [5.41, 5.74) is 5.73. The Labute approximate surface area is 182 Å². The molecule has 0 fully saturated rings. The van der Waals surface area contributed by atoms with Gasteiger partial charge in [-0.3, -0.25) is 9.98 Å². The number of rotatable bonds is 5. The molecule has 0 aliphatic rings. The molecule has 2 aromatic carbocycles. The fourth-order valence-electron chi connectivity index (χ4n) is 3.36. The molecule has 0 atom stereocenters. The molecule has 0 spiro atoms. The van der Waals surface area contributed by atoms with Crippen molar-refractivity contribution < 1.29 is 0 Å². The third-order valence-corrected chi connectivity index (χ3v) is 4.79. The second-order valence-corrected chi connectivity index (χ2v) is 6.97. The highest BCUT2D eigenvalue weighted by Gasteiger charge is 2.11. The third kappa shape index (κ3) is 4.61. The van der Waals surface area contributed by atoms with Gasteiger partial charge in [0, 0.05) is 34.7 Å². The van der Waals surface area contributed by atoms with E-state index in [1.807, 2.05) is 81.4 Å². The highest BCUT2D eigenvalue weighted by atomic mass is 15.0. The molecule has 2 aromatic heterocycles. The summed E-state index contributed by atoms with van der Waals surface area (Å²) in [7, 11) is 0. The number of aliphatic imine (C=N–C) groups is 1. The van der Waals surface area contributed by atoms with E-state index in [0.29, 0.717) is 17.5 Å². The molecular weight excluding hydrogens is 382 g/mol. The molecule has 4 rings (SSSR count). The van der Waals surface area contributed by atoms with Crippen LogP contribution in [-0.2, 0) is 0 Å². The minimum Gasteiger partial charge on any atom is -0.261 e. The minimum atomic E-state index is 0.642. The minimum absolute atomic E-state index is 0.642.